The van der Waals surface area contributed by atoms with Crippen LogP contribution in [-0.2, 0) is 0 Å². The number of rotatable bonds is 14. The molecule has 1 fully saturated rings. The molecule has 1 aliphatic carbocycles. The average molecular weight is 515 g/mol. The Morgan fingerprint density at radius 2 is 1.11 bits per heavy atom. The SMILES string of the molecule is CC.CC.CC(CCCO)CC(C)C1CCCCC1.CCCC(C)CCC(C)C.CCCCC(C)C. The number of hydrogen-bond acceptors (Lipinski definition) is 1. The predicted molar refractivity (Wildman–Crippen MR) is 171 cm³/mol. The Bertz CT molecular complexity index is 343. The average Bonchev–Trinajstić information content (AvgIpc) is 2.88. The minimum Gasteiger partial charge on any atom is -0.396 e. The molecule has 3 atom stereocenters. The van der Waals surface area contributed by atoms with E-state index in [0.717, 1.165) is 41.9 Å². The monoisotopic (exact) mass is 515 g/mol. The second-order valence-electron chi connectivity index (χ2n) is 12.0. The van der Waals surface area contributed by atoms with Gasteiger partial charge in [0.2, 0.25) is 0 Å². The van der Waals surface area contributed by atoms with Crippen molar-refractivity contribution in [3.8, 4) is 0 Å². The smallest absolute Gasteiger partial charge is 0.0431 e. The van der Waals surface area contributed by atoms with Gasteiger partial charge in [0.25, 0.3) is 0 Å². The maximum absolute atomic E-state index is 8.80. The van der Waals surface area contributed by atoms with Crippen molar-refractivity contribution < 1.29 is 5.11 Å². The van der Waals surface area contributed by atoms with Crippen LogP contribution in [-0.4, -0.2) is 11.7 Å². The summed E-state index contributed by atoms with van der Waals surface area (Å²) in [5.74, 6) is 5.44. The quantitative estimate of drug-likeness (QED) is 0.244. The van der Waals surface area contributed by atoms with E-state index in [0.29, 0.717) is 6.61 Å². The fourth-order valence-electron chi connectivity index (χ4n) is 4.96. The molecule has 1 aliphatic rings. The van der Waals surface area contributed by atoms with Crippen LogP contribution in [0.1, 0.15) is 186 Å². The number of unbranched alkanes of at least 4 members (excludes halogenated alkanes) is 1. The van der Waals surface area contributed by atoms with Crippen LogP contribution in [0.4, 0.5) is 0 Å². The summed E-state index contributed by atoms with van der Waals surface area (Å²) in [5.41, 5.74) is 0. The highest BCUT2D eigenvalue weighted by Gasteiger charge is 2.21. The Balaban J connectivity index is -0.000000212. The molecule has 224 valence electrons. The minimum atomic E-state index is 0.363. The van der Waals surface area contributed by atoms with Crippen molar-refractivity contribution in [2.24, 2.45) is 35.5 Å². The molecule has 0 aliphatic heterocycles. The van der Waals surface area contributed by atoms with Crippen LogP contribution in [0.5, 0.6) is 0 Å². The maximum Gasteiger partial charge on any atom is 0.0431 e. The van der Waals surface area contributed by atoms with E-state index in [1.807, 2.05) is 27.7 Å². The van der Waals surface area contributed by atoms with E-state index in [1.54, 1.807) is 0 Å². The summed E-state index contributed by atoms with van der Waals surface area (Å²) in [7, 11) is 0. The fraction of sp³-hybridized carbons (Fsp3) is 1.00. The molecule has 1 saturated carbocycles. The van der Waals surface area contributed by atoms with Crippen molar-refractivity contribution in [1.29, 1.82) is 0 Å². The summed E-state index contributed by atoms with van der Waals surface area (Å²) < 4.78 is 0. The van der Waals surface area contributed by atoms with Crippen LogP contribution in [0, 0.1) is 35.5 Å². The van der Waals surface area contributed by atoms with Gasteiger partial charge in [-0.05, 0) is 54.8 Å². The highest BCUT2D eigenvalue weighted by molar-refractivity contribution is 4.73. The topological polar surface area (TPSA) is 20.2 Å². The van der Waals surface area contributed by atoms with E-state index >= 15 is 0 Å². The zero-order chi connectivity index (χ0) is 28.8. The molecule has 0 radical (unpaired) electrons. The first-order valence-electron chi connectivity index (χ1n) is 16.8. The molecule has 1 heteroatoms. The second-order valence-corrected chi connectivity index (χ2v) is 12.0. The van der Waals surface area contributed by atoms with E-state index in [9.17, 15) is 0 Å². The van der Waals surface area contributed by atoms with Crippen molar-refractivity contribution >= 4 is 0 Å². The van der Waals surface area contributed by atoms with Gasteiger partial charge in [-0.3, -0.25) is 0 Å². The molecule has 0 spiro atoms. The molecule has 1 rings (SSSR count). The molecule has 0 aromatic heterocycles. The Morgan fingerprint density at radius 1 is 0.583 bits per heavy atom. The van der Waals surface area contributed by atoms with E-state index in [-0.39, 0.29) is 0 Å². The number of aliphatic hydroxyl groups excluding tert-OH is 1. The van der Waals surface area contributed by atoms with Gasteiger partial charge in [-0.25, -0.2) is 0 Å². The Kier molecular flexibility index (Phi) is 41.8. The summed E-state index contributed by atoms with van der Waals surface area (Å²) in [6, 6.07) is 0. The van der Waals surface area contributed by atoms with E-state index in [1.165, 1.54) is 89.9 Å². The molecule has 3 unspecified atom stereocenters. The van der Waals surface area contributed by atoms with Gasteiger partial charge in [0, 0.05) is 6.61 Å². The molecule has 0 aromatic carbocycles. The Hall–Kier alpha value is -0.0400. The lowest BCUT2D eigenvalue weighted by Gasteiger charge is -2.29. The normalized spacial score (nSPS) is 15.7. The van der Waals surface area contributed by atoms with Crippen molar-refractivity contribution in [3.05, 3.63) is 0 Å². The molecule has 0 bridgehead atoms. The minimum absolute atomic E-state index is 0.363. The van der Waals surface area contributed by atoms with Crippen LogP contribution in [0.2, 0.25) is 0 Å². The third-order valence-corrected chi connectivity index (χ3v) is 7.24. The van der Waals surface area contributed by atoms with E-state index in [2.05, 4.69) is 62.3 Å². The largest absolute Gasteiger partial charge is 0.396 e. The molecular weight excluding hydrogens is 436 g/mol. The molecule has 0 saturated heterocycles. The van der Waals surface area contributed by atoms with E-state index in [4.69, 9.17) is 5.11 Å². The zero-order valence-electron chi connectivity index (χ0n) is 28.2. The van der Waals surface area contributed by atoms with Gasteiger partial charge in [-0.1, -0.05) is 167 Å². The first kappa shape index (κ1) is 43.0. The second kappa shape index (κ2) is 35.0. The summed E-state index contributed by atoms with van der Waals surface area (Å²) in [6.07, 6.45) is 20.6. The Morgan fingerprint density at radius 3 is 1.50 bits per heavy atom. The molecular formula is C35H78O. The van der Waals surface area contributed by atoms with Crippen LogP contribution >= 0.6 is 0 Å². The lowest BCUT2D eigenvalue weighted by Crippen LogP contribution is -2.17. The third-order valence-electron chi connectivity index (χ3n) is 7.24. The fourth-order valence-corrected chi connectivity index (χ4v) is 4.96. The molecule has 1 nitrogen and oxygen atoms in total. The van der Waals surface area contributed by atoms with Gasteiger partial charge in [-0.2, -0.15) is 0 Å². The van der Waals surface area contributed by atoms with Gasteiger partial charge in [0.1, 0.15) is 0 Å². The Labute approximate surface area is 233 Å². The summed E-state index contributed by atoms with van der Waals surface area (Å²) in [6.45, 7) is 29.2. The van der Waals surface area contributed by atoms with Crippen molar-refractivity contribution in [3.63, 3.8) is 0 Å². The standard InChI is InChI=1S/C14H28O.C10H22.C7H16.2C2H6/c1-12(7-6-10-15)11-13(2)14-8-4-3-5-9-14;1-5-6-10(4)8-7-9(2)3;1-4-5-6-7(2)3;2*1-2/h12-15H,3-11H2,1-2H3;9-10H,5-8H2,1-4H3;7H,4-6H2,1-3H3;2*1-2H3. The van der Waals surface area contributed by atoms with Crippen LogP contribution in [0.15, 0.2) is 0 Å². The lowest BCUT2D eigenvalue weighted by atomic mass is 9.77. The van der Waals surface area contributed by atoms with Crippen molar-refractivity contribution in [2.45, 2.75) is 186 Å². The first-order chi connectivity index (χ1) is 17.2. The molecule has 0 aromatic rings. The van der Waals surface area contributed by atoms with Crippen molar-refractivity contribution in [1.82, 2.24) is 0 Å². The first-order valence-corrected chi connectivity index (χ1v) is 16.8. The highest BCUT2D eigenvalue weighted by atomic mass is 16.2. The molecule has 0 heterocycles. The van der Waals surface area contributed by atoms with Gasteiger partial charge < -0.3 is 5.11 Å². The third kappa shape index (κ3) is 36.1. The van der Waals surface area contributed by atoms with Gasteiger partial charge in [-0.15, -0.1) is 0 Å². The maximum atomic E-state index is 8.80. The summed E-state index contributed by atoms with van der Waals surface area (Å²) in [4.78, 5) is 0. The molecule has 0 amide bonds. The van der Waals surface area contributed by atoms with Gasteiger partial charge >= 0.3 is 0 Å². The molecule has 1 N–H and O–H groups in total. The van der Waals surface area contributed by atoms with Gasteiger partial charge in [0.05, 0.1) is 0 Å². The zero-order valence-corrected chi connectivity index (χ0v) is 28.2. The summed E-state index contributed by atoms with van der Waals surface area (Å²) in [5, 5.41) is 8.80. The van der Waals surface area contributed by atoms with E-state index < -0.39 is 0 Å². The van der Waals surface area contributed by atoms with Gasteiger partial charge in [0.15, 0.2) is 0 Å². The predicted octanol–water partition coefficient (Wildman–Crippen LogP) is 12.7. The number of aliphatic hydroxyl groups is 1. The summed E-state index contributed by atoms with van der Waals surface area (Å²) >= 11 is 0. The van der Waals surface area contributed by atoms with Crippen LogP contribution in [0.3, 0.4) is 0 Å². The van der Waals surface area contributed by atoms with Crippen LogP contribution < -0.4 is 0 Å². The number of hydrogen-bond donors (Lipinski definition) is 1. The highest BCUT2D eigenvalue weighted by Crippen LogP contribution is 2.33. The van der Waals surface area contributed by atoms with Crippen molar-refractivity contribution in [2.75, 3.05) is 6.61 Å². The van der Waals surface area contributed by atoms with Crippen LogP contribution in [0.25, 0.3) is 0 Å². The lowest BCUT2D eigenvalue weighted by molar-refractivity contribution is 0.216. The molecule has 36 heavy (non-hydrogen) atoms.